The smallest absolute Gasteiger partial charge is 0.211 e. The Morgan fingerprint density at radius 3 is 2.56 bits per heavy atom. The number of carbonyl (C=O) groups is 1. The maximum Gasteiger partial charge on any atom is 0.211 e. The lowest BCUT2D eigenvalue weighted by Crippen LogP contribution is -2.38. The van der Waals surface area contributed by atoms with Gasteiger partial charge in [-0.1, -0.05) is 17.7 Å². The molecule has 0 amide bonds. The van der Waals surface area contributed by atoms with Crippen LogP contribution in [0, 0.1) is 6.92 Å². The summed E-state index contributed by atoms with van der Waals surface area (Å²) in [6, 6.07) is 5.52. The molecule has 0 bridgehead atoms. The minimum atomic E-state index is -3.30. The van der Waals surface area contributed by atoms with Crippen LogP contribution < -0.4 is 0 Å². The maximum absolute atomic E-state index is 11.8. The number of ketones is 1. The average Bonchev–Trinajstić information content (AvgIpc) is 2.17. The third kappa shape index (κ3) is 2.01. The van der Waals surface area contributed by atoms with Crippen molar-refractivity contribution in [2.24, 2.45) is 0 Å². The zero-order valence-electron chi connectivity index (χ0n) is 9.23. The fraction of sp³-hybridized carbons (Fsp3) is 0.364. The van der Waals surface area contributed by atoms with Crippen molar-refractivity contribution in [1.29, 1.82) is 0 Å². The molecule has 86 valence electrons. The molecule has 1 aliphatic rings. The van der Waals surface area contributed by atoms with Crippen LogP contribution in [0.15, 0.2) is 18.2 Å². The molecule has 0 saturated carbocycles. The van der Waals surface area contributed by atoms with Crippen LogP contribution >= 0.6 is 0 Å². The van der Waals surface area contributed by atoms with Crippen LogP contribution in [-0.2, 0) is 16.6 Å². The molecule has 0 aliphatic carbocycles. The molecule has 1 aromatic carbocycles. The highest BCUT2D eigenvalue weighted by Crippen LogP contribution is 2.21. The van der Waals surface area contributed by atoms with Crippen molar-refractivity contribution in [3.63, 3.8) is 0 Å². The highest BCUT2D eigenvalue weighted by atomic mass is 32.2. The van der Waals surface area contributed by atoms with Gasteiger partial charge in [0.2, 0.25) is 10.0 Å². The Labute approximate surface area is 94.9 Å². The van der Waals surface area contributed by atoms with Crippen molar-refractivity contribution < 1.29 is 13.2 Å². The molecule has 0 unspecified atom stereocenters. The lowest BCUT2D eigenvalue weighted by molar-refractivity contribution is 0.0950. The van der Waals surface area contributed by atoms with Crippen molar-refractivity contribution in [3.05, 3.63) is 34.9 Å². The Morgan fingerprint density at radius 2 is 1.94 bits per heavy atom. The van der Waals surface area contributed by atoms with Gasteiger partial charge >= 0.3 is 0 Å². The van der Waals surface area contributed by atoms with E-state index in [0.29, 0.717) is 12.1 Å². The molecule has 0 fully saturated rings. The van der Waals surface area contributed by atoms with E-state index in [1.807, 2.05) is 25.1 Å². The van der Waals surface area contributed by atoms with Gasteiger partial charge in [-0.3, -0.25) is 4.79 Å². The lowest BCUT2D eigenvalue weighted by Gasteiger charge is -2.25. The minimum Gasteiger partial charge on any atom is -0.293 e. The van der Waals surface area contributed by atoms with Crippen LogP contribution in [0.25, 0.3) is 0 Å². The van der Waals surface area contributed by atoms with Gasteiger partial charge in [-0.05, 0) is 18.6 Å². The first-order valence-electron chi connectivity index (χ1n) is 4.96. The van der Waals surface area contributed by atoms with Gasteiger partial charge in [0.15, 0.2) is 5.78 Å². The van der Waals surface area contributed by atoms with Gasteiger partial charge in [0, 0.05) is 12.1 Å². The van der Waals surface area contributed by atoms with Gasteiger partial charge in [0.1, 0.15) is 0 Å². The molecule has 1 aromatic rings. The number of aryl methyl sites for hydroxylation is 1. The zero-order chi connectivity index (χ0) is 11.9. The van der Waals surface area contributed by atoms with Gasteiger partial charge in [-0.2, -0.15) is 4.31 Å². The predicted molar refractivity (Wildman–Crippen MR) is 60.8 cm³/mol. The van der Waals surface area contributed by atoms with Crippen LogP contribution in [-0.4, -0.2) is 31.3 Å². The summed E-state index contributed by atoms with van der Waals surface area (Å²) in [5.41, 5.74) is 2.45. The fourth-order valence-corrected chi connectivity index (χ4v) is 2.54. The highest BCUT2D eigenvalue weighted by molar-refractivity contribution is 7.88. The van der Waals surface area contributed by atoms with E-state index in [1.165, 1.54) is 4.31 Å². The number of carbonyl (C=O) groups excluding carboxylic acids is 1. The molecule has 0 aromatic heterocycles. The van der Waals surface area contributed by atoms with E-state index in [0.717, 1.165) is 17.4 Å². The summed E-state index contributed by atoms with van der Waals surface area (Å²) in [7, 11) is -3.30. The first-order chi connectivity index (χ1) is 7.38. The van der Waals surface area contributed by atoms with Crippen molar-refractivity contribution in [2.45, 2.75) is 13.5 Å². The number of sulfonamides is 1. The van der Waals surface area contributed by atoms with E-state index in [1.54, 1.807) is 0 Å². The molecule has 0 saturated heterocycles. The molecule has 16 heavy (non-hydrogen) atoms. The zero-order valence-corrected chi connectivity index (χ0v) is 10.0. The average molecular weight is 239 g/mol. The Hall–Kier alpha value is -1.20. The lowest BCUT2D eigenvalue weighted by atomic mass is 9.98. The third-order valence-electron chi connectivity index (χ3n) is 2.70. The molecule has 1 heterocycles. The standard InChI is InChI=1S/C11H13NO3S/c1-8-3-4-9-6-12(16(2,14)15)7-11(13)10(9)5-8/h3-5H,6-7H2,1-2H3. The first-order valence-corrected chi connectivity index (χ1v) is 6.80. The van der Waals surface area contributed by atoms with Crippen LogP contribution in [0.3, 0.4) is 0 Å². The Morgan fingerprint density at radius 1 is 1.25 bits per heavy atom. The summed E-state index contributed by atoms with van der Waals surface area (Å²) in [5, 5.41) is 0. The van der Waals surface area contributed by atoms with Gasteiger partial charge in [0.05, 0.1) is 12.8 Å². The van der Waals surface area contributed by atoms with E-state index in [2.05, 4.69) is 0 Å². The molecule has 4 nitrogen and oxygen atoms in total. The van der Waals surface area contributed by atoms with Gasteiger partial charge in [-0.15, -0.1) is 0 Å². The molecule has 0 radical (unpaired) electrons. The third-order valence-corrected chi connectivity index (χ3v) is 3.90. The summed E-state index contributed by atoms with van der Waals surface area (Å²) >= 11 is 0. The van der Waals surface area contributed by atoms with Crippen molar-refractivity contribution >= 4 is 15.8 Å². The van der Waals surface area contributed by atoms with Crippen LogP contribution in [0.1, 0.15) is 21.5 Å². The Kier molecular flexibility index (Phi) is 2.59. The molecule has 0 spiro atoms. The van der Waals surface area contributed by atoms with Crippen LogP contribution in [0.4, 0.5) is 0 Å². The number of Topliss-reactive ketones (excluding diaryl/α,β-unsaturated/α-hetero) is 1. The summed E-state index contributed by atoms with van der Waals surface area (Å²) in [5.74, 6) is -0.129. The number of benzene rings is 1. The molecule has 2 rings (SSSR count). The second-order valence-corrected chi connectivity index (χ2v) is 6.10. The van der Waals surface area contributed by atoms with Crippen molar-refractivity contribution in [2.75, 3.05) is 12.8 Å². The summed E-state index contributed by atoms with van der Waals surface area (Å²) < 4.78 is 24.0. The van der Waals surface area contributed by atoms with E-state index < -0.39 is 10.0 Å². The largest absolute Gasteiger partial charge is 0.293 e. The second-order valence-electron chi connectivity index (χ2n) is 4.11. The van der Waals surface area contributed by atoms with E-state index in [4.69, 9.17) is 0 Å². The monoisotopic (exact) mass is 239 g/mol. The summed E-state index contributed by atoms with van der Waals surface area (Å²) in [4.78, 5) is 11.8. The number of rotatable bonds is 1. The molecule has 1 aliphatic heterocycles. The fourth-order valence-electron chi connectivity index (χ4n) is 1.81. The Bertz CT molecular complexity index is 548. The Balaban J connectivity index is 2.45. The maximum atomic E-state index is 11.8. The van der Waals surface area contributed by atoms with Gasteiger partial charge < -0.3 is 0 Å². The van der Waals surface area contributed by atoms with E-state index >= 15 is 0 Å². The summed E-state index contributed by atoms with van der Waals surface area (Å²) in [6.07, 6.45) is 1.12. The van der Waals surface area contributed by atoms with Crippen LogP contribution in [0.2, 0.25) is 0 Å². The molecule has 0 atom stereocenters. The number of hydrogen-bond acceptors (Lipinski definition) is 3. The normalized spacial score (nSPS) is 17.2. The molecular formula is C11H13NO3S. The minimum absolute atomic E-state index is 0.0463. The van der Waals surface area contributed by atoms with E-state index in [9.17, 15) is 13.2 Å². The van der Waals surface area contributed by atoms with Crippen molar-refractivity contribution in [3.8, 4) is 0 Å². The summed E-state index contributed by atoms with van der Waals surface area (Å²) in [6.45, 7) is 2.16. The number of fused-ring (bicyclic) bond motifs is 1. The highest BCUT2D eigenvalue weighted by Gasteiger charge is 2.28. The predicted octanol–water partition coefficient (Wildman–Crippen LogP) is 0.953. The molecular weight excluding hydrogens is 226 g/mol. The van der Waals surface area contributed by atoms with Crippen molar-refractivity contribution in [1.82, 2.24) is 4.31 Å². The topological polar surface area (TPSA) is 54.5 Å². The second kappa shape index (κ2) is 3.68. The SMILES string of the molecule is Cc1ccc2c(c1)C(=O)CN(S(C)(=O)=O)C2. The molecule has 0 N–H and O–H groups in total. The van der Waals surface area contributed by atoms with Gasteiger partial charge in [-0.25, -0.2) is 8.42 Å². The number of nitrogens with zero attached hydrogens (tertiary/aromatic N) is 1. The molecule has 5 heteroatoms. The first kappa shape index (κ1) is 11.3. The van der Waals surface area contributed by atoms with Gasteiger partial charge in [0.25, 0.3) is 0 Å². The quantitative estimate of drug-likeness (QED) is 0.733. The van der Waals surface area contributed by atoms with Crippen LogP contribution in [0.5, 0.6) is 0 Å². The van der Waals surface area contributed by atoms with E-state index in [-0.39, 0.29) is 12.3 Å². The number of hydrogen-bond donors (Lipinski definition) is 0.